The Labute approximate surface area is 170 Å². The predicted molar refractivity (Wildman–Crippen MR) is 108 cm³/mol. The molecule has 6 heteroatoms. The fraction of sp³-hybridized carbons (Fsp3) is 0.348. The van der Waals surface area contributed by atoms with Crippen molar-refractivity contribution in [2.24, 2.45) is 0 Å². The van der Waals surface area contributed by atoms with E-state index in [2.05, 4.69) is 0 Å². The van der Waals surface area contributed by atoms with Crippen molar-refractivity contribution < 1.29 is 24.2 Å². The number of carbonyl (C=O) groups is 3. The summed E-state index contributed by atoms with van der Waals surface area (Å²) in [5.74, 6) is -0.664. The minimum Gasteiger partial charge on any atom is -0.481 e. The van der Waals surface area contributed by atoms with Crippen molar-refractivity contribution in [3.8, 4) is 5.75 Å². The lowest BCUT2D eigenvalue weighted by Gasteiger charge is -2.40. The van der Waals surface area contributed by atoms with E-state index in [1.807, 2.05) is 30.3 Å². The van der Waals surface area contributed by atoms with E-state index in [-0.39, 0.29) is 11.7 Å². The van der Waals surface area contributed by atoms with Gasteiger partial charge in [0.1, 0.15) is 5.75 Å². The van der Waals surface area contributed by atoms with E-state index >= 15 is 0 Å². The van der Waals surface area contributed by atoms with Crippen LogP contribution in [0.2, 0.25) is 0 Å². The molecule has 29 heavy (non-hydrogen) atoms. The van der Waals surface area contributed by atoms with E-state index in [0.29, 0.717) is 37.2 Å². The molecule has 1 saturated heterocycles. The Hall–Kier alpha value is -3.15. The second-order valence-electron chi connectivity index (χ2n) is 7.42. The van der Waals surface area contributed by atoms with Gasteiger partial charge in [-0.05, 0) is 44.4 Å². The van der Waals surface area contributed by atoms with Gasteiger partial charge in [-0.25, -0.2) is 0 Å². The molecule has 2 aromatic rings. The van der Waals surface area contributed by atoms with Crippen LogP contribution in [0.15, 0.2) is 54.6 Å². The molecule has 6 nitrogen and oxygen atoms in total. The van der Waals surface area contributed by atoms with Crippen molar-refractivity contribution in [3.63, 3.8) is 0 Å². The molecular formula is C23H25NO5. The number of carboxylic acid groups (broad SMARTS) is 1. The molecule has 1 aliphatic heterocycles. The van der Waals surface area contributed by atoms with Crippen LogP contribution in [0.3, 0.4) is 0 Å². The number of piperidine rings is 1. The molecule has 3 rings (SSSR count). The fourth-order valence-corrected chi connectivity index (χ4v) is 3.79. The predicted octanol–water partition coefficient (Wildman–Crippen LogP) is 3.30. The SMILES string of the molecule is CC(=O)c1cccc(OC(C)C(=O)N2CCC(C(=O)O)(c3ccccc3)CC2)c1. The first-order valence-electron chi connectivity index (χ1n) is 9.69. The van der Waals surface area contributed by atoms with Crippen LogP contribution in [-0.4, -0.2) is 46.9 Å². The lowest BCUT2D eigenvalue weighted by Crippen LogP contribution is -2.51. The minimum absolute atomic E-state index is 0.0728. The quantitative estimate of drug-likeness (QED) is 0.759. The molecule has 1 unspecified atom stereocenters. The zero-order valence-corrected chi connectivity index (χ0v) is 16.6. The molecule has 1 amide bonds. The molecule has 0 saturated carbocycles. The number of aliphatic carboxylic acids is 1. The lowest BCUT2D eigenvalue weighted by molar-refractivity contribution is -0.149. The van der Waals surface area contributed by atoms with Gasteiger partial charge in [0.25, 0.3) is 5.91 Å². The third-order valence-electron chi connectivity index (χ3n) is 5.57. The van der Waals surface area contributed by atoms with E-state index < -0.39 is 17.5 Å². The highest BCUT2D eigenvalue weighted by atomic mass is 16.5. The molecular weight excluding hydrogens is 370 g/mol. The van der Waals surface area contributed by atoms with Crippen molar-refractivity contribution in [1.29, 1.82) is 0 Å². The summed E-state index contributed by atoms with van der Waals surface area (Å²) >= 11 is 0. The Morgan fingerprint density at radius 3 is 2.28 bits per heavy atom. The fourth-order valence-electron chi connectivity index (χ4n) is 3.79. The van der Waals surface area contributed by atoms with Crippen molar-refractivity contribution >= 4 is 17.7 Å². The number of Topliss-reactive ketones (excluding diaryl/α,β-unsaturated/α-hetero) is 1. The number of benzene rings is 2. The Bertz CT molecular complexity index is 900. The number of ether oxygens (including phenoxy) is 1. The van der Waals surface area contributed by atoms with Crippen LogP contribution < -0.4 is 4.74 Å². The van der Waals surface area contributed by atoms with Crippen LogP contribution in [0.5, 0.6) is 5.75 Å². The summed E-state index contributed by atoms with van der Waals surface area (Å²) < 4.78 is 5.74. The number of ketones is 1. The first kappa shape index (κ1) is 20.6. The zero-order valence-electron chi connectivity index (χ0n) is 16.6. The zero-order chi connectivity index (χ0) is 21.0. The van der Waals surface area contributed by atoms with Gasteiger partial charge in [0.15, 0.2) is 11.9 Å². The molecule has 0 radical (unpaired) electrons. The molecule has 0 aliphatic carbocycles. The minimum atomic E-state index is -0.974. The Kier molecular flexibility index (Phi) is 6.01. The number of likely N-dealkylation sites (tertiary alicyclic amines) is 1. The normalized spacial score (nSPS) is 16.7. The second kappa shape index (κ2) is 8.47. The number of nitrogens with zero attached hydrogens (tertiary/aromatic N) is 1. The van der Waals surface area contributed by atoms with E-state index in [0.717, 1.165) is 5.56 Å². The maximum atomic E-state index is 12.8. The summed E-state index contributed by atoms with van der Waals surface area (Å²) in [5.41, 5.74) is 0.317. The van der Waals surface area contributed by atoms with Crippen LogP contribution in [0.1, 0.15) is 42.6 Å². The smallest absolute Gasteiger partial charge is 0.314 e. The van der Waals surface area contributed by atoms with Gasteiger partial charge in [0, 0.05) is 18.7 Å². The summed E-state index contributed by atoms with van der Waals surface area (Å²) in [7, 11) is 0. The average Bonchev–Trinajstić information content (AvgIpc) is 2.74. The van der Waals surface area contributed by atoms with Crippen LogP contribution in [0.4, 0.5) is 0 Å². The third-order valence-corrected chi connectivity index (χ3v) is 5.57. The highest BCUT2D eigenvalue weighted by Crippen LogP contribution is 2.36. The molecule has 0 aromatic heterocycles. The van der Waals surface area contributed by atoms with Gasteiger partial charge in [0.2, 0.25) is 0 Å². The van der Waals surface area contributed by atoms with Crippen molar-refractivity contribution in [2.45, 2.75) is 38.2 Å². The Morgan fingerprint density at radius 1 is 1.03 bits per heavy atom. The van der Waals surface area contributed by atoms with E-state index in [1.54, 1.807) is 36.1 Å². The molecule has 2 aromatic carbocycles. The molecule has 1 atom stereocenters. The van der Waals surface area contributed by atoms with Crippen LogP contribution in [-0.2, 0) is 15.0 Å². The van der Waals surface area contributed by atoms with Gasteiger partial charge in [0.05, 0.1) is 5.41 Å². The number of amides is 1. The highest BCUT2D eigenvalue weighted by Gasteiger charge is 2.44. The molecule has 1 fully saturated rings. The van der Waals surface area contributed by atoms with Crippen LogP contribution >= 0.6 is 0 Å². The average molecular weight is 395 g/mol. The number of rotatable bonds is 6. The summed E-state index contributed by atoms with van der Waals surface area (Å²) in [6.45, 7) is 3.84. The molecule has 1 aliphatic rings. The monoisotopic (exact) mass is 395 g/mol. The first-order chi connectivity index (χ1) is 13.8. The van der Waals surface area contributed by atoms with Crippen molar-refractivity contribution in [3.05, 3.63) is 65.7 Å². The van der Waals surface area contributed by atoms with Crippen LogP contribution in [0, 0.1) is 0 Å². The largest absolute Gasteiger partial charge is 0.481 e. The highest BCUT2D eigenvalue weighted by molar-refractivity contribution is 5.94. The van der Waals surface area contributed by atoms with E-state index in [4.69, 9.17) is 4.74 Å². The summed E-state index contributed by atoms with van der Waals surface area (Å²) in [6.07, 6.45) is -0.0267. The number of carboxylic acids is 1. The Balaban J connectivity index is 1.67. The van der Waals surface area contributed by atoms with Gasteiger partial charge in [-0.2, -0.15) is 0 Å². The maximum absolute atomic E-state index is 12.8. The maximum Gasteiger partial charge on any atom is 0.314 e. The molecule has 0 spiro atoms. The van der Waals surface area contributed by atoms with Crippen molar-refractivity contribution in [1.82, 2.24) is 4.90 Å². The van der Waals surface area contributed by atoms with Crippen LogP contribution in [0.25, 0.3) is 0 Å². The molecule has 0 bridgehead atoms. The van der Waals surface area contributed by atoms with Gasteiger partial charge < -0.3 is 14.7 Å². The van der Waals surface area contributed by atoms with E-state index in [9.17, 15) is 19.5 Å². The molecule has 1 N–H and O–H groups in total. The standard InChI is InChI=1S/C23H25NO5/c1-16(25)18-7-6-10-20(15-18)29-17(2)21(26)24-13-11-23(12-14-24,22(27)28)19-8-4-3-5-9-19/h3-10,15,17H,11-14H2,1-2H3,(H,27,28). The van der Waals surface area contributed by atoms with Gasteiger partial charge >= 0.3 is 5.97 Å². The van der Waals surface area contributed by atoms with Gasteiger partial charge in [-0.1, -0.05) is 42.5 Å². The number of hydrogen-bond donors (Lipinski definition) is 1. The summed E-state index contributed by atoms with van der Waals surface area (Å²) in [6, 6.07) is 15.9. The second-order valence-corrected chi connectivity index (χ2v) is 7.42. The number of carbonyl (C=O) groups excluding carboxylic acids is 2. The molecule has 1 heterocycles. The van der Waals surface area contributed by atoms with Gasteiger partial charge in [-0.15, -0.1) is 0 Å². The van der Waals surface area contributed by atoms with Gasteiger partial charge in [-0.3, -0.25) is 14.4 Å². The Morgan fingerprint density at radius 2 is 1.69 bits per heavy atom. The summed E-state index contributed by atoms with van der Waals surface area (Å²) in [5, 5.41) is 9.89. The third kappa shape index (κ3) is 4.31. The molecule has 152 valence electrons. The van der Waals surface area contributed by atoms with E-state index in [1.165, 1.54) is 6.92 Å². The summed E-state index contributed by atoms with van der Waals surface area (Å²) in [4.78, 5) is 38.1. The van der Waals surface area contributed by atoms with Crippen molar-refractivity contribution in [2.75, 3.05) is 13.1 Å². The number of hydrogen-bond acceptors (Lipinski definition) is 4. The first-order valence-corrected chi connectivity index (χ1v) is 9.69. The topological polar surface area (TPSA) is 83.9 Å². The lowest BCUT2D eigenvalue weighted by atomic mass is 9.73.